The molecule has 0 aliphatic heterocycles. The molecule has 0 aromatic carbocycles. The Hall–Kier alpha value is -1.30. The Kier molecular flexibility index (Phi) is 5.60. The third kappa shape index (κ3) is 4.67. The smallest absolute Gasteiger partial charge is 0.317 e. The third-order valence-corrected chi connectivity index (χ3v) is 3.76. The molecule has 0 saturated heterocycles. The minimum absolute atomic E-state index is 0.179. The van der Waals surface area contributed by atoms with Crippen molar-refractivity contribution in [2.75, 3.05) is 13.1 Å². The van der Waals surface area contributed by atoms with Gasteiger partial charge in [0.1, 0.15) is 0 Å². The summed E-state index contributed by atoms with van der Waals surface area (Å²) in [6.45, 7) is 12.2. The molecule has 3 N–H and O–H groups in total. The number of amides is 2. The quantitative estimate of drug-likeness (QED) is 0.693. The van der Waals surface area contributed by atoms with Gasteiger partial charge < -0.3 is 20.4 Å². The maximum absolute atomic E-state index is 12.2. The second-order valence-electron chi connectivity index (χ2n) is 6.81. The fourth-order valence-electron chi connectivity index (χ4n) is 1.56. The monoisotopic (exact) mass is 288 g/mol. The van der Waals surface area contributed by atoms with Crippen molar-refractivity contribution in [2.45, 2.75) is 59.6 Å². The van der Waals surface area contributed by atoms with Gasteiger partial charge in [-0.2, -0.15) is 0 Å². The van der Waals surface area contributed by atoms with Crippen molar-refractivity contribution in [3.8, 4) is 0 Å². The Bertz CT molecular complexity index is 370. The molecule has 0 heterocycles. The molecule has 6 heteroatoms. The van der Waals surface area contributed by atoms with Crippen LogP contribution in [0.15, 0.2) is 0 Å². The highest BCUT2D eigenvalue weighted by Gasteiger charge is 2.45. The van der Waals surface area contributed by atoms with Gasteiger partial charge in [0.2, 0.25) is 0 Å². The number of carbonyl (C=O) groups excluding carboxylic acids is 1. The predicted molar refractivity (Wildman–Crippen MR) is 77.6 cm³/mol. The van der Waals surface area contributed by atoms with E-state index < -0.39 is 22.5 Å². The lowest BCUT2D eigenvalue weighted by Crippen LogP contribution is -2.60. The molecule has 20 heavy (non-hydrogen) atoms. The average molecular weight is 288 g/mol. The zero-order chi connectivity index (χ0) is 16.4. The average Bonchev–Trinajstić information content (AvgIpc) is 2.23. The van der Waals surface area contributed by atoms with Gasteiger partial charge in [0.25, 0.3) is 0 Å². The van der Waals surface area contributed by atoms with Gasteiger partial charge in [0.05, 0.1) is 23.1 Å². The summed E-state index contributed by atoms with van der Waals surface area (Å²) in [5.41, 5.74) is -3.04. The summed E-state index contributed by atoms with van der Waals surface area (Å²) in [6.07, 6.45) is 0. The first-order chi connectivity index (χ1) is 8.74. The number of hydrogen-bond donors (Lipinski definition) is 3. The Morgan fingerprint density at radius 1 is 1.10 bits per heavy atom. The maximum atomic E-state index is 12.2. The van der Waals surface area contributed by atoms with Crippen molar-refractivity contribution in [1.82, 2.24) is 10.2 Å². The minimum Gasteiger partial charge on any atom is -0.481 e. The Balaban J connectivity index is 5.01. The molecule has 0 spiro atoms. The van der Waals surface area contributed by atoms with E-state index in [9.17, 15) is 19.8 Å². The van der Waals surface area contributed by atoms with Gasteiger partial charge in [-0.15, -0.1) is 0 Å². The van der Waals surface area contributed by atoms with Gasteiger partial charge in [0.15, 0.2) is 0 Å². The number of aliphatic carboxylic acids is 1. The fourth-order valence-corrected chi connectivity index (χ4v) is 1.56. The summed E-state index contributed by atoms with van der Waals surface area (Å²) >= 11 is 0. The van der Waals surface area contributed by atoms with Crippen molar-refractivity contribution < 1.29 is 19.8 Å². The molecular weight excluding hydrogens is 260 g/mol. The molecule has 0 bridgehead atoms. The number of carbonyl (C=O) groups is 2. The lowest BCUT2D eigenvalue weighted by Gasteiger charge is -2.40. The summed E-state index contributed by atoms with van der Waals surface area (Å²) in [5, 5.41) is 21.8. The number of nitrogens with zero attached hydrogens (tertiary/aromatic N) is 1. The summed E-state index contributed by atoms with van der Waals surface area (Å²) < 4.78 is 0. The number of urea groups is 1. The predicted octanol–water partition coefficient (Wildman–Crippen LogP) is 1.68. The van der Waals surface area contributed by atoms with Crippen LogP contribution in [-0.2, 0) is 4.79 Å². The summed E-state index contributed by atoms with van der Waals surface area (Å²) in [5.74, 6) is -0.978. The summed E-state index contributed by atoms with van der Waals surface area (Å²) in [6, 6.07) is -0.381. The van der Waals surface area contributed by atoms with Gasteiger partial charge in [0, 0.05) is 6.54 Å². The van der Waals surface area contributed by atoms with E-state index in [1.54, 1.807) is 48.5 Å². The standard InChI is InChI=1S/C14H28N2O4/c1-8-16(9-12(2,3)20)11(19)15-14(6,7)13(4,5)10(17)18/h20H,8-9H2,1-7H3,(H,15,19)(H,17,18). The van der Waals surface area contributed by atoms with Gasteiger partial charge >= 0.3 is 12.0 Å². The SMILES string of the molecule is CCN(CC(C)(C)O)C(=O)NC(C)(C)C(C)(C)C(=O)O. The Morgan fingerprint density at radius 3 is 1.85 bits per heavy atom. The van der Waals surface area contributed by atoms with Crippen LogP contribution in [0, 0.1) is 5.41 Å². The van der Waals surface area contributed by atoms with Crippen LogP contribution in [0.3, 0.4) is 0 Å². The second-order valence-corrected chi connectivity index (χ2v) is 6.81. The van der Waals surface area contributed by atoms with Crippen LogP contribution in [0.4, 0.5) is 4.79 Å². The Labute approximate surface area is 121 Å². The number of likely N-dealkylation sites (N-methyl/N-ethyl adjacent to an activating group) is 1. The van der Waals surface area contributed by atoms with Crippen molar-refractivity contribution in [2.24, 2.45) is 5.41 Å². The number of carboxylic acid groups (broad SMARTS) is 1. The minimum atomic E-state index is -1.11. The number of nitrogens with one attached hydrogen (secondary N) is 1. The first kappa shape index (κ1) is 18.7. The highest BCUT2D eigenvalue weighted by atomic mass is 16.4. The molecule has 0 radical (unpaired) electrons. The molecule has 118 valence electrons. The van der Waals surface area contributed by atoms with Crippen LogP contribution in [0.2, 0.25) is 0 Å². The van der Waals surface area contributed by atoms with Crippen LogP contribution in [0.1, 0.15) is 48.5 Å². The molecule has 0 unspecified atom stereocenters. The van der Waals surface area contributed by atoms with E-state index in [-0.39, 0.29) is 12.6 Å². The molecule has 6 nitrogen and oxygen atoms in total. The molecular formula is C14H28N2O4. The van der Waals surface area contributed by atoms with Crippen molar-refractivity contribution in [3.05, 3.63) is 0 Å². The maximum Gasteiger partial charge on any atom is 0.317 e. The molecule has 0 rings (SSSR count). The molecule has 0 saturated carbocycles. The molecule has 0 aromatic rings. The van der Waals surface area contributed by atoms with Gasteiger partial charge in [-0.05, 0) is 48.5 Å². The first-order valence-electron chi connectivity index (χ1n) is 6.77. The van der Waals surface area contributed by atoms with E-state index in [1.165, 1.54) is 4.90 Å². The lowest BCUT2D eigenvalue weighted by molar-refractivity contribution is -0.150. The van der Waals surface area contributed by atoms with E-state index in [1.807, 2.05) is 0 Å². The van der Waals surface area contributed by atoms with Crippen LogP contribution in [0.5, 0.6) is 0 Å². The van der Waals surface area contributed by atoms with Crippen LogP contribution < -0.4 is 5.32 Å². The highest BCUT2D eigenvalue weighted by molar-refractivity contribution is 5.79. The van der Waals surface area contributed by atoms with E-state index in [2.05, 4.69) is 5.32 Å². The van der Waals surface area contributed by atoms with Gasteiger partial charge in [-0.1, -0.05) is 0 Å². The molecule has 2 amide bonds. The molecule has 0 fully saturated rings. The molecule has 0 aromatic heterocycles. The van der Waals surface area contributed by atoms with Crippen molar-refractivity contribution >= 4 is 12.0 Å². The van der Waals surface area contributed by atoms with Gasteiger partial charge in [-0.25, -0.2) is 4.79 Å². The molecule has 0 atom stereocenters. The zero-order valence-electron chi connectivity index (χ0n) is 13.6. The second kappa shape index (κ2) is 5.99. The third-order valence-electron chi connectivity index (χ3n) is 3.76. The van der Waals surface area contributed by atoms with Crippen molar-refractivity contribution in [3.63, 3.8) is 0 Å². The van der Waals surface area contributed by atoms with Gasteiger partial charge in [-0.3, -0.25) is 4.79 Å². The fraction of sp³-hybridized carbons (Fsp3) is 0.857. The normalized spacial score (nSPS) is 13.0. The lowest BCUT2D eigenvalue weighted by atomic mass is 9.74. The number of aliphatic hydroxyl groups is 1. The topological polar surface area (TPSA) is 89.9 Å². The van der Waals surface area contributed by atoms with E-state index in [0.29, 0.717) is 6.54 Å². The van der Waals surface area contributed by atoms with Crippen LogP contribution in [0.25, 0.3) is 0 Å². The highest BCUT2D eigenvalue weighted by Crippen LogP contribution is 2.30. The number of hydrogen-bond acceptors (Lipinski definition) is 3. The van der Waals surface area contributed by atoms with E-state index >= 15 is 0 Å². The Morgan fingerprint density at radius 2 is 1.55 bits per heavy atom. The summed E-state index contributed by atoms with van der Waals surface area (Å²) in [7, 11) is 0. The zero-order valence-corrected chi connectivity index (χ0v) is 13.6. The summed E-state index contributed by atoms with van der Waals surface area (Å²) in [4.78, 5) is 25.0. The van der Waals surface area contributed by atoms with Crippen molar-refractivity contribution in [1.29, 1.82) is 0 Å². The van der Waals surface area contributed by atoms with E-state index in [0.717, 1.165) is 0 Å². The van der Waals surface area contributed by atoms with E-state index in [4.69, 9.17) is 0 Å². The largest absolute Gasteiger partial charge is 0.481 e. The van der Waals surface area contributed by atoms with Crippen LogP contribution in [-0.4, -0.2) is 51.3 Å². The van der Waals surface area contributed by atoms with Crippen LogP contribution >= 0.6 is 0 Å². The molecule has 0 aliphatic carbocycles. The first-order valence-corrected chi connectivity index (χ1v) is 6.77. The number of rotatable bonds is 6. The molecule has 0 aliphatic rings. The number of carboxylic acids is 1.